The van der Waals surface area contributed by atoms with Gasteiger partial charge in [-0.1, -0.05) is 38.7 Å². The molecule has 1 aromatic rings. The highest BCUT2D eigenvalue weighted by atomic mass is 19.4. The van der Waals surface area contributed by atoms with Crippen molar-refractivity contribution >= 4 is 0 Å². The Kier molecular flexibility index (Phi) is 6.79. The van der Waals surface area contributed by atoms with Crippen LogP contribution < -0.4 is 0 Å². The van der Waals surface area contributed by atoms with Crippen LogP contribution >= 0.6 is 0 Å². The first-order valence-corrected chi connectivity index (χ1v) is 12.2. The first-order chi connectivity index (χ1) is 14.4. The second-order valence-electron chi connectivity index (χ2n) is 10.3. The molecule has 168 valence electrons. The second-order valence-corrected chi connectivity index (χ2v) is 10.3. The van der Waals surface area contributed by atoms with Gasteiger partial charge in [-0.3, -0.25) is 0 Å². The lowest BCUT2D eigenvalue weighted by atomic mass is 9.65. The molecule has 0 spiro atoms. The highest BCUT2D eigenvalue weighted by Gasteiger charge is 2.38. The summed E-state index contributed by atoms with van der Waals surface area (Å²) in [4.78, 5) is 0. The molecule has 4 heteroatoms. The molecule has 0 bridgehead atoms. The van der Waals surface area contributed by atoms with Gasteiger partial charge in [-0.05, 0) is 105 Å². The normalized spacial score (nSPS) is 32.6. The van der Waals surface area contributed by atoms with Crippen molar-refractivity contribution in [2.45, 2.75) is 96.6 Å². The third-order valence-electron chi connectivity index (χ3n) is 8.63. The zero-order valence-corrected chi connectivity index (χ0v) is 18.2. The van der Waals surface area contributed by atoms with Crippen LogP contribution in [0, 0.1) is 35.4 Å². The second kappa shape index (κ2) is 9.20. The number of fused-ring (bicyclic) bond motifs is 1. The van der Waals surface area contributed by atoms with Crippen LogP contribution in [0.25, 0.3) is 0 Å². The number of hydrogen-bond acceptors (Lipinski definition) is 0. The monoisotopic (exact) mass is 424 g/mol. The molecule has 4 rings (SSSR count). The molecule has 0 N–H and O–H groups in total. The summed E-state index contributed by atoms with van der Waals surface area (Å²) in [6, 6.07) is 2.48. The fourth-order valence-corrected chi connectivity index (χ4v) is 6.90. The lowest BCUT2D eigenvalue weighted by Crippen LogP contribution is -2.30. The minimum absolute atomic E-state index is 0.318. The molecule has 0 saturated heterocycles. The number of hydrogen-bond donors (Lipinski definition) is 0. The molecule has 3 aliphatic rings. The van der Waals surface area contributed by atoms with Crippen LogP contribution in [0.3, 0.4) is 0 Å². The lowest BCUT2D eigenvalue weighted by Gasteiger charge is -2.41. The van der Waals surface area contributed by atoms with E-state index in [1.54, 1.807) is 0 Å². The van der Waals surface area contributed by atoms with Gasteiger partial charge >= 0.3 is 6.18 Å². The molecule has 2 saturated carbocycles. The summed E-state index contributed by atoms with van der Waals surface area (Å²) in [5, 5.41) is 0. The Hall–Kier alpha value is -1.06. The average molecular weight is 425 g/mol. The van der Waals surface area contributed by atoms with Gasteiger partial charge in [0, 0.05) is 0 Å². The van der Waals surface area contributed by atoms with Crippen molar-refractivity contribution in [1.82, 2.24) is 0 Å². The Balaban J connectivity index is 1.31. The molecule has 0 heterocycles. The van der Waals surface area contributed by atoms with Gasteiger partial charge in [0.1, 0.15) is 5.82 Å². The van der Waals surface area contributed by atoms with E-state index in [0.29, 0.717) is 23.8 Å². The number of rotatable bonds is 4. The molecule has 1 aromatic carbocycles. The van der Waals surface area contributed by atoms with E-state index in [4.69, 9.17) is 0 Å². The van der Waals surface area contributed by atoms with Gasteiger partial charge in [0.05, 0.1) is 5.56 Å². The van der Waals surface area contributed by atoms with Crippen molar-refractivity contribution in [3.8, 4) is 0 Å². The quantitative estimate of drug-likeness (QED) is 0.426. The first kappa shape index (κ1) is 22.1. The van der Waals surface area contributed by atoms with E-state index in [1.165, 1.54) is 70.3 Å². The minimum atomic E-state index is -4.61. The van der Waals surface area contributed by atoms with Gasteiger partial charge in [0.2, 0.25) is 0 Å². The zero-order chi connectivity index (χ0) is 21.3. The summed E-state index contributed by atoms with van der Waals surface area (Å²) in [6.07, 6.45) is 11.0. The van der Waals surface area contributed by atoms with Gasteiger partial charge in [0.15, 0.2) is 0 Å². The number of alkyl halides is 3. The van der Waals surface area contributed by atoms with Crippen LogP contribution in [0.5, 0.6) is 0 Å². The van der Waals surface area contributed by atoms with E-state index in [0.717, 1.165) is 42.2 Å². The maximum absolute atomic E-state index is 14.4. The summed E-state index contributed by atoms with van der Waals surface area (Å²) in [5.74, 6) is 2.91. The molecule has 1 atom stereocenters. The van der Waals surface area contributed by atoms with Crippen LogP contribution in [-0.4, -0.2) is 0 Å². The van der Waals surface area contributed by atoms with Gasteiger partial charge in [-0.25, -0.2) is 4.39 Å². The highest BCUT2D eigenvalue weighted by molar-refractivity contribution is 5.37. The summed E-state index contributed by atoms with van der Waals surface area (Å²) in [6.45, 7) is 2.29. The van der Waals surface area contributed by atoms with Gasteiger partial charge in [-0.15, -0.1) is 0 Å². The van der Waals surface area contributed by atoms with E-state index in [1.807, 2.05) is 0 Å². The van der Waals surface area contributed by atoms with Crippen molar-refractivity contribution in [3.05, 3.63) is 34.6 Å². The largest absolute Gasteiger partial charge is 0.419 e. The molecule has 0 aromatic heterocycles. The smallest absolute Gasteiger partial charge is 0.206 e. The van der Waals surface area contributed by atoms with Crippen LogP contribution in [0.4, 0.5) is 17.6 Å². The fourth-order valence-electron chi connectivity index (χ4n) is 6.90. The molecular weight excluding hydrogens is 388 g/mol. The number of benzene rings is 1. The van der Waals surface area contributed by atoms with Crippen molar-refractivity contribution < 1.29 is 17.6 Å². The van der Waals surface area contributed by atoms with Crippen molar-refractivity contribution in [2.75, 3.05) is 0 Å². The van der Waals surface area contributed by atoms with Crippen LogP contribution in [-0.2, 0) is 19.0 Å². The van der Waals surface area contributed by atoms with E-state index in [2.05, 4.69) is 6.92 Å². The van der Waals surface area contributed by atoms with Crippen molar-refractivity contribution in [3.63, 3.8) is 0 Å². The summed E-state index contributed by atoms with van der Waals surface area (Å²) >= 11 is 0. The lowest BCUT2D eigenvalue weighted by molar-refractivity contribution is -0.140. The summed E-state index contributed by atoms with van der Waals surface area (Å²) in [5.41, 5.74) is 0.0283. The molecule has 0 amide bonds. The fraction of sp³-hybridized carbons (Fsp3) is 0.769. The third-order valence-corrected chi connectivity index (χ3v) is 8.63. The Bertz CT molecular complexity index is 706. The highest BCUT2D eigenvalue weighted by Crippen LogP contribution is 2.46. The van der Waals surface area contributed by atoms with Crippen LogP contribution in [0.2, 0.25) is 0 Å². The molecule has 0 radical (unpaired) electrons. The topological polar surface area (TPSA) is 0 Å². The average Bonchev–Trinajstić information content (AvgIpc) is 2.74. The van der Waals surface area contributed by atoms with Gasteiger partial charge < -0.3 is 0 Å². The van der Waals surface area contributed by atoms with Crippen molar-refractivity contribution in [1.29, 1.82) is 0 Å². The maximum Gasteiger partial charge on any atom is 0.419 e. The maximum atomic E-state index is 14.4. The van der Waals surface area contributed by atoms with E-state index < -0.39 is 17.6 Å². The first-order valence-electron chi connectivity index (χ1n) is 12.2. The Morgan fingerprint density at radius 1 is 0.800 bits per heavy atom. The molecular formula is C26H36F4. The Morgan fingerprint density at radius 3 is 1.93 bits per heavy atom. The Morgan fingerprint density at radius 2 is 1.37 bits per heavy atom. The van der Waals surface area contributed by atoms with E-state index >= 15 is 0 Å². The predicted molar refractivity (Wildman–Crippen MR) is 113 cm³/mol. The Labute approximate surface area is 178 Å². The van der Waals surface area contributed by atoms with Crippen LogP contribution in [0.15, 0.2) is 12.1 Å². The van der Waals surface area contributed by atoms with Crippen molar-refractivity contribution in [2.24, 2.45) is 29.6 Å². The third kappa shape index (κ3) is 4.72. The molecule has 1 unspecified atom stereocenters. The molecule has 0 nitrogen and oxygen atoms in total. The van der Waals surface area contributed by atoms with Gasteiger partial charge in [0.25, 0.3) is 0 Å². The summed E-state index contributed by atoms with van der Waals surface area (Å²) < 4.78 is 53.4. The molecule has 0 aliphatic heterocycles. The van der Waals surface area contributed by atoms with E-state index in [9.17, 15) is 17.6 Å². The predicted octanol–water partition coefficient (Wildman–Crippen LogP) is 8.36. The molecule has 30 heavy (non-hydrogen) atoms. The standard InChI is InChI=1S/C26H36F4/c1-2-3-17-4-6-18(7-5-17)19-8-10-20(11-9-19)21-12-14-23-22(16-21)13-15-24(25(23)27)26(28,29)30/h13,15,17-21H,2-12,14,16H2,1H3. The van der Waals surface area contributed by atoms with Crippen LogP contribution in [0.1, 0.15) is 94.2 Å². The van der Waals surface area contributed by atoms with Gasteiger partial charge in [-0.2, -0.15) is 13.2 Å². The zero-order valence-electron chi connectivity index (χ0n) is 18.2. The molecule has 3 aliphatic carbocycles. The minimum Gasteiger partial charge on any atom is -0.206 e. The van der Waals surface area contributed by atoms with E-state index in [-0.39, 0.29) is 0 Å². The SMILES string of the molecule is CCCC1CCC(C2CCC(C3CCc4c(ccc(C(F)(F)F)c4F)C3)CC2)CC1. The number of halogens is 4. The summed E-state index contributed by atoms with van der Waals surface area (Å²) in [7, 11) is 0. The molecule has 2 fully saturated rings.